The maximum Gasteiger partial charge on any atom is 0.207 e. The van der Waals surface area contributed by atoms with Crippen molar-refractivity contribution in [3.05, 3.63) is 58.7 Å². The Balaban J connectivity index is 1.85. The number of hydrogen-bond acceptors (Lipinski definition) is 2. The molecule has 3 heteroatoms. The first-order chi connectivity index (χ1) is 14.0. The Bertz CT molecular complexity index is 889. The maximum absolute atomic E-state index is 14.1. The van der Waals surface area contributed by atoms with Crippen LogP contribution in [-0.2, 0) is 9.84 Å². The van der Waals surface area contributed by atoms with Gasteiger partial charge in [0.25, 0.3) is 0 Å². The summed E-state index contributed by atoms with van der Waals surface area (Å²) in [5.74, 6) is 0.746. The summed E-state index contributed by atoms with van der Waals surface area (Å²) in [5, 5.41) is 0. The molecule has 156 valence electrons. The Hall–Kier alpha value is -1.61. The fourth-order valence-electron chi connectivity index (χ4n) is 5.72. The molecule has 2 saturated carbocycles. The van der Waals surface area contributed by atoms with Gasteiger partial charge in [0.2, 0.25) is 9.84 Å². The predicted octanol–water partition coefficient (Wildman–Crippen LogP) is 7.23. The van der Waals surface area contributed by atoms with E-state index in [1.807, 2.05) is 24.3 Å². The van der Waals surface area contributed by atoms with E-state index in [4.69, 9.17) is 0 Å². The van der Waals surface area contributed by atoms with Gasteiger partial charge >= 0.3 is 0 Å². The Kier molecular flexibility index (Phi) is 6.15. The zero-order valence-electron chi connectivity index (χ0n) is 17.9. The molecule has 0 spiro atoms. The number of benzene rings is 2. The van der Waals surface area contributed by atoms with E-state index >= 15 is 0 Å². The van der Waals surface area contributed by atoms with Crippen molar-refractivity contribution in [2.45, 2.75) is 99.7 Å². The molecule has 2 aliphatic carbocycles. The fourth-order valence-corrected chi connectivity index (χ4v) is 7.71. The zero-order valence-corrected chi connectivity index (χ0v) is 18.7. The van der Waals surface area contributed by atoms with Crippen LogP contribution in [-0.4, -0.2) is 8.42 Å². The molecule has 2 nitrogen and oxygen atoms in total. The van der Waals surface area contributed by atoms with Gasteiger partial charge in [0.1, 0.15) is 0 Å². The van der Waals surface area contributed by atoms with Crippen LogP contribution >= 0.6 is 0 Å². The molecule has 0 atom stereocenters. The first-order valence-corrected chi connectivity index (χ1v) is 12.9. The molecule has 0 N–H and O–H groups in total. The molecular formula is C26H34O2S. The van der Waals surface area contributed by atoms with Crippen LogP contribution < -0.4 is 0 Å². The van der Waals surface area contributed by atoms with Crippen molar-refractivity contribution in [2.24, 2.45) is 0 Å². The first kappa shape index (κ1) is 20.7. The van der Waals surface area contributed by atoms with Crippen molar-refractivity contribution in [1.82, 2.24) is 0 Å². The molecule has 2 aromatic carbocycles. The lowest BCUT2D eigenvalue weighted by atomic mass is 9.82. The van der Waals surface area contributed by atoms with Gasteiger partial charge in [-0.3, -0.25) is 0 Å². The maximum atomic E-state index is 14.1. The standard InChI is InChI=1S/C26H34O2S/c1-19-11-9-17-23(25(19)21-13-5-3-6-14-21)29(27,28)24-18-10-12-20(2)26(24)22-15-7-4-8-16-22/h9-12,17-18,21-22H,3-8,13-16H2,1-2H3. The summed E-state index contributed by atoms with van der Waals surface area (Å²) in [6, 6.07) is 11.7. The highest BCUT2D eigenvalue weighted by molar-refractivity contribution is 7.91. The second-order valence-electron chi connectivity index (χ2n) is 9.15. The summed E-state index contributed by atoms with van der Waals surface area (Å²) in [5.41, 5.74) is 4.43. The Morgan fingerprint density at radius 3 is 1.38 bits per heavy atom. The molecule has 0 bridgehead atoms. The topological polar surface area (TPSA) is 34.1 Å². The molecule has 0 radical (unpaired) electrons. The molecule has 0 saturated heterocycles. The summed E-state index contributed by atoms with van der Waals surface area (Å²) in [7, 11) is -3.54. The van der Waals surface area contributed by atoms with Crippen LogP contribution in [0, 0.1) is 13.8 Å². The summed E-state index contributed by atoms with van der Waals surface area (Å²) in [6.07, 6.45) is 11.8. The smallest absolute Gasteiger partial charge is 0.207 e. The summed E-state index contributed by atoms with van der Waals surface area (Å²) in [4.78, 5) is 1.12. The summed E-state index contributed by atoms with van der Waals surface area (Å²) in [6.45, 7) is 4.17. The highest BCUT2D eigenvalue weighted by atomic mass is 32.2. The minimum Gasteiger partial charge on any atom is -0.218 e. The molecular weight excluding hydrogens is 376 g/mol. The lowest BCUT2D eigenvalue weighted by molar-refractivity contribution is 0.435. The van der Waals surface area contributed by atoms with Crippen LogP contribution in [0.4, 0.5) is 0 Å². The Morgan fingerprint density at radius 2 is 1.00 bits per heavy atom. The molecule has 29 heavy (non-hydrogen) atoms. The van der Waals surface area contributed by atoms with E-state index in [0.717, 1.165) is 47.9 Å². The predicted molar refractivity (Wildman–Crippen MR) is 119 cm³/mol. The van der Waals surface area contributed by atoms with Gasteiger partial charge < -0.3 is 0 Å². The molecule has 0 amide bonds. The Labute approximate surface area is 176 Å². The molecule has 0 heterocycles. The monoisotopic (exact) mass is 410 g/mol. The molecule has 2 fully saturated rings. The summed E-state index contributed by atoms with van der Waals surface area (Å²) < 4.78 is 28.1. The minimum absolute atomic E-state index is 0.373. The average molecular weight is 411 g/mol. The van der Waals surface area contributed by atoms with Gasteiger partial charge in [0, 0.05) is 0 Å². The van der Waals surface area contributed by atoms with Crippen LogP contribution in [0.5, 0.6) is 0 Å². The van der Waals surface area contributed by atoms with E-state index in [9.17, 15) is 8.42 Å². The molecule has 2 aromatic rings. The van der Waals surface area contributed by atoms with E-state index < -0.39 is 9.84 Å². The van der Waals surface area contributed by atoms with Gasteiger partial charge in [-0.25, -0.2) is 8.42 Å². The lowest BCUT2D eigenvalue weighted by Crippen LogP contribution is -2.16. The van der Waals surface area contributed by atoms with Crippen LogP contribution in [0.3, 0.4) is 0 Å². The van der Waals surface area contributed by atoms with Crippen molar-refractivity contribution >= 4 is 9.84 Å². The lowest BCUT2D eigenvalue weighted by Gasteiger charge is -2.28. The molecule has 0 aliphatic heterocycles. The molecule has 2 aliphatic rings. The highest BCUT2D eigenvalue weighted by Gasteiger charge is 2.31. The van der Waals surface area contributed by atoms with Crippen LogP contribution in [0.25, 0.3) is 0 Å². The molecule has 0 aromatic heterocycles. The van der Waals surface area contributed by atoms with E-state index in [1.54, 1.807) is 0 Å². The molecule has 4 rings (SSSR count). The largest absolute Gasteiger partial charge is 0.218 e. The quantitative estimate of drug-likeness (QED) is 0.532. The zero-order chi connectivity index (χ0) is 20.4. The van der Waals surface area contributed by atoms with Gasteiger partial charge in [-0.2, -0.15) is 0 Å². The van der Waals surface area contributed by atoms with E-state index in [0.29, 0.717) is 21.6 Å². The first-order valence-electron chi connectivity index (χ1n) is 11.4. The van der Waals surface area contributed by atoms with Crippen molar-refractivity contribution < 1.29 is 8.42 Å². The van der Waals surface area contributed by atoms with Crippen molar-refractivity contribution in [3.8, 4) is 0 Å². The summed E-state index contributed by atoms with van der Waals surface area (Å²) >= 11 is 0. The van der Waals surface area contributed by atoms with E-state index in [2.05, 4.69) is 26.0 Å². The van der Waals surface area contributed by atoms with Gasteiger partial charge in [0.15, 0.2) is 0 Å². The average Bonchev–Trinajstić information content (AvgIpc) is 2.74. The third kappa shape index (κ3) is 4.03. The van der Waals surface area contributed by atoms with Crippen LogP contribution in [0.2, 0.25) is 0 Å². The van der Waals surface area contributed by atoms with Gasteiger partial charge in [-0.05, 0) is 85.8 Å². The molecule has 0 unspecified atom stereocenters. The van der Waals surface area contributed by atoms with Crippen molar-refractivity contribution in [2.75, 3.05) is 0 Å². The van der Waals surface area contributed by atoms with Gasteiger partial charge in [0.05, 0.1) is 9.79 Å². The van der Waals surface area contributed by atoms with Gasteiger partial charge in [-0.15, -0.1) is 0 Å². The number of aryl methyl sites for hydroxylation is 2. The number of hydrogen-bond donors (Lipinski definition) is 0. The fraction of sp³-hybridized carbons (Fsp3) is 0.538. The second kappa shape index (κ2) is 8.63. The number of sulfone groups is 1. The van der Waals surface area contributed by atoms with Crippen molar-refractivity contribution in [1.29, 1.82) is 0 Å². The normalized spacial score (nSPS) is 19.4. The SMILES string of the molecule is Cc1cccc(S(=O)(=O)c2cccc(C)c2C2CCCCC2)c1C1CCCCC1. The van der Waals surface area contributed by atoms with Crippen LogP contribution in [0.15, 0.2) is 46.2 Å². The van der Waals surface area contributed by atoms with E-state index in [1.165, 1.54) is 38.5 Å². The Morgan fingerprint density at radius 1 is 0.621 bits per heavy atom. The second-order valence-corrected chi connectivity index (χ2v) is 11.0. The van der Waals surface area contributed by atoms with E-state index in [-0.39, 0.29) is 0 Å². The third-order valence-electron chi connectivity index (χ3n) is 7.17. The van der Waals surface area contributed by atoms with Gasteiger partial charge in [-0.1, -0.05) is 62.8 Å². The highest BCUT2D eigenvalue weighted by Crippen LogP contribution is 2.43. The number of rotatable bonds is 4. The minimum atomic E-state index is -3.54. The van der Waals surface area contributed by atoms with Crippen molar-refractivity contribution in [3.63, 3.8) is 0 Å². The van der Waals surface area contributed by atoms with Crippen LogP contribution in [0.1, 0.15) is 98.3 Å². The third-order valence-corrected chi connectivity index (χ3v) is 9.04.